The van der Waals surface area contributed by atoms with Crippen molar-refractivity contribution in [3.8, 4) is 5.75 Å². The summed E-state index contributed by atoms with van der Waals surface area (Å²) in [6, 6.07) is 12.9. The number of piperidine rings is 1. The van der Waals surface area contributed by atoms with E-state index in [1.165, 1.54) is 24.9 Å². The number of nitrogens with zero attached hydrogens (tertiary/aromatic N) is 1. The lowest BCUT2D eigenvalue weighted by molar-refractivity contribution is 0.102. The molecule has 0 bridgehead atoms. The van der Waals surface area contributed by atoms with Crippen LogP contribution in [-0.2, 0) is 0 Å². The summed E-state index contributed by atoms with van der Waals surface area (Å²) in [7, 11) is 1.56. The van der Waals surface area contributed by atoms with Crippen molar-refractivity contribution >= 4 is 28.9 Å². The Balaban J connectivity index is 1.72. The third kappa shape index (κ3) is 3.82. The van der Waals surface area contributed by atoms with Crippen LogP contribution in [0.15, 0.2) is 42.5 Å². The van der Waals surface area contributed by atoms with Gasteiger partial charge in [0.15, 0.2) is 0 Å². The Morgan fingerprint density at radius 2 is 1.79 bits per heavy atom. The van der Waals surface area contributed by atoms with Crippen molar-refractivity contribution in [1.82, 2.24) is 0 Å². The van der Waals surface area contributed by atoms with Crippen LogP contribution < -0.4 is 15.0 Å². The maximum Gasteiger partial charge on any atom is 0.255 e. The Labute approximate surface area is 147 Å². The summed E-state index contributed by atoms with van der Waals surface area (Å²) in [4.78, 5) is 14.8. The van der Waals surface area contributed by atoms with Gasteiger partial charge in [-0.1, -0.05) is 11.6 Å². The van der Waals surface area contributed by atoms with E-state index in [0.717, 1.165) is 13.1 Å². The molecule has 0 spiro atoms. The highest BCUT2D eigenvalue weighted by Gasteiger charge is 2.13. The first kappa shape index (κ1) is 16.7. The second kappa shape index (κ2) is 7.58. The molecule has 24 heavy (non-hydrogen) atoms. The van der Waals surface area contributed by atoms with E-state index in [-0.39, 0.29) is 5.91 Å². The summed E-state index contributed by atoms with van der Waals surface area (Å²) in [5.41, 5.74) is 2.35. The van der Waals surface area contributed by atoms with Crippen molar-refractivity contribution in [1.29, 1.82) is 0 Å². The summed E-state index contributed by atoms with van der Waals surface area (Å²) in [5.74, 6) is 0.401. The van der Waals surface area contributed by atoms with Gasteiger partial charge in [-0.2, -0.15) is 0 Å². The first-order valence-corrected chi connectivity index (χ1v) is 8.55. The van der Waals surface area contributed by atoms with Gasteiger partial charge in [-0.25, -0.2) is 0 Å². The van der Waals surface area contributed by atoms with Crippen molar-refractivity contribution < 1.29 is 9.53 Å². The molecule has 0 aliphatic carbocycles. The van der Waals surface area contributed by atoms with Crippen LogP contribution in [-0.4, -0.2) is 26.1 Å². The molecule has 3 rings (SSSR count). The van der Waals surface area contributed by atoms with Gasteiger partial charge in [0.25, 0.3) is 5.91 Å². The first-order chi connectivity index (χ1) is 11.7. The minimum atomic E-state index is -0.180. The molecule has 2 aromatic carbocycles. The zero-order valence-corrected chi connectivity index (χ0v) is 14.5. The van der Waals surface area contributed by atoms with Gasteiger partial charge < -0.3 is 15.0 Å². The van der Waals surface area contributed by atoms with E-state index < -0.39 is 0 Å². The first-order valence-electron chi connectivity index (χ1n) is 8.17. The fraction of sp³-hybridized carbons (Fsp3) is 0.316. The molecule has 1 fully saturated rings. The van der Waals surface area contributed by atoms with E-state index in [2.05, 4.69) is 10.2 Å². The molecule has 1 heterocycles. The van der Waals surface area contributed by atoms with Crippen LogP contribution >= 0.6 is 11.6 Å². The second-order valence-corrected chi connectivity index (χ2v) is 6.33. The Hall–Kier alpha value is -2.20. The van der Waals surface area contributed by atoms with E-state index >= 15 is 0 Å². The molecule has 0 radical (unpaired) electrons. The lowest BCUT2D eigenvalue weighted by Crippen LogP contribution is -2.29. The van der Waals surface area contributed by atoms with E-state index in [1.807, 2.05) is 24.3 Å². The SMILES string of the molecule is COc1ccc(Cl)cc1NC(=O)c1ccc(N2CCCCC2)cc1. The monoisotopic (exact) mass is 344 g/mol. The van der Waals surface area contributed by atoms with E-state index in [4.69, 9.17) is 16.3 Å². The molecule has 1 N–H and O–H groups in total. The highest BCUT2D eigenvalue weighted by molar-refractivity contribution is 6.31. The number of halogens is 1. The quantitative estimate of drug-likeness (QED) is 0.881. The molecule has 4 nitrogen and oxygen atoms in total. The van der Waals surface area contributed by atoms with Crippen molar-refractivity contribution in [2.24, 2.45) is 0 Å². The maximum absolute atomic E-state index is 12.5. The topological polar surface area (TPSA) is 41.6 Å². The number of carbonyl (C=O) groups is 1. The van der Waals surface area contributed by atoms with Gasteiger partial charge in [0.1, 0.15) is 5.75 Å². The number of amides is 1. The van der Waals surface area contributed by atoms with Crippen LogP contribution in [0.3, 0.4) is 0 Å². The molecule has 0 atom stereocenters. The van der Waals surface area contributed by atoms with Gasteiger partial charge in [-0.15, -0.1) is 0 Å². The molecule has 1 aliphatic rings. The predicted molar refractivity (Wildman–Crippen MR) is 98.5 cm³/mol. The van der Waals surface area contributed by atoms with Gasteiger partial charge in [-0.3, -0.25) is 4.79 Å². The van der Waals surface area contributed by atoms with Crippen LogP contribution in [0.4, 0.5) is 11.4 Å². The van der Waals surface area contributed by atoms with Crippen LogP contribution in [0.25, 0.3) is 0 Å². The van der Waals surface area contributed by atoms with Crippen molar-refractivity contribution in [3.05, 3.63) is 53.1 Å². The number of methoxy groups -OCH3 is 1. The molecule has 5 heteroatoms. The Bertz CT molecular complexity index is 710. The van der Waals surface area contributed by atoms with Gasteiger partial charge >= 0.3 is 0 Å². The third-order valence-corrected chi connectivity index (χ3v) is 4.50. The number of hydrogen-bond acceptors (Lipinski definition) is 3. The number of hydrogen-bond donors (Lipinski definition) is 1. The van der Waals surface area contributed by atoms with Crippen LogP contribution in [0.2, 0.25) is 5.02 Å². The van der Waals surface area contributed by atoms with E-state index in [1.54, 1.807) is 25.3 Å². The van der Waals surface area contributed by atoms with E-state index in [9.17, 15) is 4.79 Å². The molecule has 0 aromatic heterocycles. The highest BCUT2D eigenvalue weighted by atomic mass is 35.5. The normalized spacial score (nSPS) is 14.3. The third-order valence-electron chi connectivity index (χ3n) is 4.26. The Kier molecular flexibility index (Phi) is 5.26. The fourth-order valence-corrected chi connectivity index (χ4v) is 3.12. The molecule has 0 saturated carbocycles. The average molecular weight is 345 g/mol. The van der Waals surface area contributed by atoms with Gasteiger partial charge in [0.05, 0.1) is 12.8 Å². The van der Waals surface area contributed by atoms with Crippen LogP contribution in [0, 0.1) is 0 Å². The maximum atomic E-state index is 12.5. The number of anilines is 2. The minimum absolute atomic E-state index is 0.180. The molecular weight excluding hydrogens is 324 g/mol. The number of carbonyl (C=O) groups excluding carboxylic acids is 1. The molecule has 0 unspecified atom stereocenters. The predicted octanol–water partition coefficient (Wildman–Crippen LogP) is 4.59. The summed E-state index contributed by atoms with van der Waals surface area (Å²) < 4.78 is 5.26. The summed E-state index contributed by atoms with van der Waals surface area (Å²) >= 11 is 6.00. The summed E-state index contributed by atoms with van der Waals surface area (Å²) in [6.07, 6.45) is 3.77. The Morgan fingerprint density at radius 1 is 1.08 bits per heavy atom. The molecule has 2 aromatic rings. The largest absolute Gasteiger partial charge is 0.495 e. The zero-order valence-electron chi connectivity index (χ0n) is 13.7. The lowest BCUT2D eigenvalue weighted by Gasteiger charge is -2.28. The summed E-state index contributed by atoms with van der Waals surface area (Å²) in [5, 5.41) is 3.40. The zero-order chi connectivity index (χ0) is 16.9. The number of nitrogens with one attached hydrogen (secondary N) is 1. The van der Waals surface area contributed by atoms with E-state index in [0.29, 0.717) is 22.0 Å². The number of rotatable bonds is 4. The number of benzene rings is 2. The van der Waals surface area contributed by atoms with Crippen LogP contribution in [0.1, 0.15) is 29.6 Å². The molecular formula is C19H21ClN2O2. The Morgan fingerprint density at radius 3 is 2.46 bits per heavy atom. The van der Waals surface area contributed by atoms with Crippen molar-refractivity contribution in [2.45, 2.75) is 19.3 Å². The van der Waals surface area contributed by atoms with Gasteiger partial charge in [0.2, 0.25) is 0 Å². The van der Waals surface area contributed by atoms with Crippen LogP contribution in [0.5, 0.6) is 5.75 Å². The summed E-state index contributed by atoms with van der Waals surface area (Å²) in [6.45, 7) is 2.18. The highest BCUT2D eigenvalue weighted by Crippen LogP contribution is 2.28. The standard InChI is InChI=1S/C19H21ClN2O2/c1-24-18-10-7-15(20)13-17(18)21-19(23)14-5-8-16(9-6-14)22-11-3-2-4-12-22/h5-10,13H,2-4,11-12H2,1H3,(H,21,23). The molecule has 1 aliphatic heterocycles. The molecule has 1 amide bonds. The number of ether oxygens (including phenoxy) is 1. The molecule has 1 saturated heterocycles. The fourth-order valence-electron chi connectivity index (χ4n) is 2.95. The minimum Gasteiger partial charge on any atom is -0.495 e. The lowest BCUT2D eigenvalue weighted by atomic mass is 10.1. The van der Waals surface area contributed by atoms with Crippen molar-refractivity contribution in [2.75, 3.05) is 30.4 Å². The smallest absolute Gasteiger partial charge is 0.255 e. The molecule has 126 valence electrons. The average Bonchev–Trinajstić information content (AvgIpc) is 2.63. The van der Waals surface area contributed by atoms with Gasteiger partial charge in [0, 0.05) is 29.4 Å². The van der Waals surface area contributed by atoms with Crippen molar-refractivity contribution in [3.63, 3.8) is 0 Å². The second-order valence-electron chi connectivity index (χ2n) is 5.89. The van der Waals surface area contributed by atoms with Gasteiger partial charge in [-0.05, 0) is 61.7 Å².